The van der Waals surface area contributed by atoms with Crippen molar-refractivity contribution in [3.8, 4) is 5.75 Å². The number of esters is 1. The zero-order valence-electron chi connectivity index (χ0n) is 10.4. The summed E-state index contributed by atoms with van der Waals surface area (Å²) >= 11 is 0. The first-order valence-electron chi connectivity index (χ1n) is 5.73. The average molecular weight is 252 g/mol. The highest BCUT2D eigenvalue weighted by Crippen LogP contribution is 2.24. The maximum Gasteiger partial charge on any atom is 0.338 e. The Morgan fingerprint density at radius 1 is 1.22 bits per heavy atom. The van der Waals surface area contributed by atoms with E-state index in [4.69, 9.17) is 14.6 Å². The molecule has 0 radical (unpaired) electrons. The SMILES string of the molecule is CCOC(=O)c1cccc(OCC)c1CC(=O)O. The smallest absolute Gasteiger partial charge is 0.338 e. The lowest BCUT2D eigenvalue weighted by Crippen LogP contribution is -2.13. The van der Waals surface area contributed by atoms with Crippen LogP contribution in [0.4, 0.5) is 0 Å². The minimum Gasteiger partial charge on any atom is -0.494 e. The number of hydrogen-bond donors (Lipinski definition) is 1. The summed E-state index contributed by atoms with van der Waals surface area (Å²) in [5.41, 5.74) is 0.593. The van der Waals surface area contributed by atoms with Gasteiger partial charge in [0.2, 0.25) is 0 Å². The van der Waals surface area contributed by atoms with Crippen LogP contribution in [0.5, 0.6) is 5.75 Å². The molecule has 1 aromatic carbocycles. The number of carbonyl (C=O) groups is 2. The molecule has 1 rings (SSSR count). The summed E-state index contributed by atoms with van der Waals surface area (Å²) in [6, 6.07) is 4.83. The Bertz CT molecular complexity index is 439. The van der Waals surface area contributed by atoms with Gasteiger partial charge in [0, 0.05) is 5.56 Å². The summed E-state index contributed by atoms with van der Waals surface area (Å²) in [7, 11) is 0. The Labute approximate surface area is 105 Å². The second kappa shape index (κ2) is 6.64. The Hall–Kier alpha value is -2.04. The minimum atomic E-state index is -1.02. The van der Waals surface area contributed by atoms with Crippen LogP contribution < -0.4 is 4.74 Å². The molecule has 0 saturated carbocycles. The van der Waals surface area contributed by atoms with E-state index in [0.717, 1.165) is 0 Å². The van der Waals surface area contributed by atoms with Crippen LogP contribution >= 0.6 is 0 Å². The molecule has 5 heteroatoms. The highest BCUT2D eigenvalue weighted by Gasteiger charge is 2.18. The van der Waals surface area contributed by atoms with E-state index < -0.39 is 11.9 Å². The molecule has 0 fully saturated rings. The van der Waals surface area contributed by atoms with E-state index in [0.29, 0.717) is 17.9 Å². The molecular formula is C13H16O5. The van der Waals surface area contributed by atoms with Crippen LogP contribution in [-0.4, -0.2) is 30.3 Å². The first kappa shape index (κ1) is 14.0. The number of carbonyl (C=O) groups excluding carboxylic acids is 1. The highest BCUT2D eigenvalue weighted by atomic mass is 16.5. The fraction of sp³-hybridized carbons (Fsp3) is 0.385. The maximum absolute atomic E-state index is 11.7. The van der Waals surface area contributed by atoms with Crippen molar-refractivity contribution in [2.75, 3.05) is 13.2 Å². The summed E-state index contributed by atoms with van der Waals surface area (Å²) in [6.45, 7) is 4.13. The van der Waals surface area contributed by atoms with Crippen molar-refractivity contribution in [2.24, 2.45) is 0 Å². The molecule has 0 saturated heterocycles. The second-order valence-corrected chi connectivity index (χ2v) is 3.51. The van der Waals surface area contributed by atoms with Crippen LogP contribution in [0.2, 0.25) is 0 Å². The first-order chi connectivity index (χ1) is 8.60. The molecule has 0 heterocycles. The number of hydrogen-bond acceptors (Lipinski definition) is 4. The van der Waals surface area contributed by atoms with E-state index in [-0.39, 0.29) is 18.6 Å². The third-order valence-electron chi connectivity index (χ3n) is 2.26. The number of carboxylic acids is 1. The number of ether oxygens (including phenoxy) is 2. The van der Waals surface area contributed by atoms with Crippen LogP contribution in [0.1, 0.15) is 29.8 Å². The average Bonchev–Trinajstić information content (AvgIpc) is 2.31. The van der Waals surface area contributed by atoms with Crippen LogP contribution in [0.25, 0.3) is 0 Å². The van der Waals surface area contributed by atoms with E-state index in [1.165, 1.54) is 0 Å². The Balaban J connectivity index is 3.18. The summed E-state index contributed by atoms with van der Waals surface area (Å²) in [5, 5.41) is 8.89. The van der Waals surface area contributed by atoms with Crippen LogP contribution in [0.3, 0.4) is 0 Å². The van der Waals surface area contributed by atoms with Gasteiger partial charge in [-0.25, -0.2) is 4.79 Å². The lowest BCUT2D eigenvalue weighted by molar-refractivity contribution is -0.136. The van der Waals surface area contributed by atoms with E-state index in [1.54, 1.807) is 32.0 Å². The quantitative estimate of drug-likeness (QED) is 0.783. The topological polar surface area (TPSA) is 72.8 Å². The number of aliphatic carboxylic acids is 1. The normalized spacial score (nSPS) is 9.89. The van der Waals surface area contributed by atoms with Gasteiger partial charge >= 0.3 is 11.9 Å². The lowest BCUT2D eigenvalue weighted by atomic mass is 10.0. The van der Waals surface area contributed by atoms with Gasteiger partial charge in [-0.2, -0.15) is 0 Å². The number of benzene rings is 1. The molecule has 1 N–H and O–H groups in total. The predicted molar refractivity (Wildman–Crippen MR) is 64.9 cm³/mol. The fourth-order valence-corrected chi connectivity index (χ4v) is 1.59. The summed E-state index contributed by atoms with van der Waals surface area (Å²) in [6.07, 6.45) is -0.273. The van der Waals surface area contributed by atoms with Crippen LogP contribution in [0, 0.1) is 0 Å². The molecule has 0 bridgehead atoms. The molecule has 1 aromatic rings. The van der Waals surface area contributed by atoms with Crippen molar-refractivity contribution in [1.82, 2.24) is 0 Å². The van der Waals surface area contributed by atoms with Gasteiger partial charge in [-0.1, -0.05) is 6.07 Å². The van der Waals surface area contributed by atoms with Gasteiger partial charge in [0.1, 0.15) is 5.75 Å². The van der Waals surface area contributed by atoms with Gasteiger partial charge in [0.05, 0.1) is 25.2 Å². The number of rotatable bonds is 6. The standard InChI is InChI=1S/C13H16O5/c1-3-17-11-7-5-6-9(13(16)18-4-2)10(11)8-12(14)15/h5-7H,3-4,8H2,1-2H3,(H,14,15). The molecule has 0 amide bonds. The monoisotopic (exact) mass is 252 g/mol. The van der Waals surface area contributed by atoms with Gasteiger partial charge in [-0.15, -0.1) is 0 Å². The van der Waals surface area contributed by atoms with Crippen molar-refractivity contribution >= 4 is 11.9 Å². The molecule has 0 aromatic heterocycles. The Morgan fingerprint density at radius 2 is 1.94 bits per heavy atom. The molecular weight excluding hydrogens is 236 g/mol. The molecule has 0 unspecified atom stereocenters. The third-order valence-corrected chi connectivity index (χ3v) is 2.26. The maximum atomic E-state index is 11.7. The van der Waals surface area contributed by atoms with E-state index in [1.807, 2.05) is 0 Å². The van der Waals surface area contributed by atoms with Crippen LogP contribution in [-0.2, 0) is 16.0 Å². The van der Waals surface area contributed by atoms with Gasteiger partial charge in [-0.3, -0.25) is 4.79 Å². The molecule has 5 nitrogen and oxygen atoms in total. The molecule has 0 aliphatic rings. The van der Waals surface area contributed by atoms with E-state index >= 15 is 0 Å². The molecule has 0 atom stereocenters. The van der Waals surface area contributed by atoms with Crippen molar-refractivity contribution in [3.63, 3.8) is 0 Å². The summed E-state index contributed by atoms with van der Waals surface area (Å²) in [5.74, 6) is -1.14. The van der Waals surface area contributed by atoms with Gasteiger partial charge in [0.15, 0.2) is 0 Å². The highest BCUT2D eigenvalue weighted by molar-refractivity contribution is 5.93. The van der Waals surface area contributed by atoms with Gasteiger partial charge in [0.25, 0.3) is 0 Å². The molecule has 0 spiro atoms. The zero-order chi connectivity index (χ0) is 13.5. The van der Waals surface area contributed by atoms with Crippen molar-refractivity contribution < 1.29 is 24.2 Å². The lowest BCUT2D eigenvalue weighted by Gasteiger charge is -2.12. The van der Waals surface area contributed by atoms with Crippen molar-refractivity contribution in [3.05, 3.63) is 29.3 Å². The van der Waals surface area contributed by atoms with E-state index in [2.05, 4.69) is 0 Å². The largest absolute Gasteiger partial charge is 0.494 e. The first-order valence-corrected chi connectivity index (χ1v) is 5.73. The molecule has 0 aliphatic heterocycles. The summed E-state index contributed by atoms with van der Waals surface area (Å²) in [4.78, 5) is 22.6. The van der Waals surface area contributed by atoms with Crippen LogP contribution in [0.15, 0.2) is 18.2 Å². The Kier molecular flexibility index (Phi) is 5.17. The Morgan fingerprint density at radius 3 is 2.50 bits per heavy atom. The van der Waals surface area contributed by atoms with Gasteiger partial charge in [-0.05, 0) is 26.0 Å². The van der Waals surface area contributed by atoms with Crippen molar-refractivity contribution in [1.29, 1.82) is 0 Å². The zero-order valence-corrected chi connectivity index (χ0v) is 10.4. The van der Waals surface area contributed by atoms with Gasteiger partial charge < -0.3 is 14.6 Å². The second-order valence-electron chi connectivity index (χ2n) is 3.51. The molecule has 0 aliphatic carbocycles. The minimum absolute atomic E-state index is 0.240. The van der Waals surface area contributed by atoms with Crippen molar-refractivity contribution in [2.45, 2.75) is 20.3 Å². The molecule has 98 valence electrons. The van der Waals surface area contributed by atoms with E-state index in [9.17, 15) is 9.59 Å². The fourth-order valence-electron chi connectivity index (χ4n) is 1.59. The molecule has 18 heavy (non-hydrogen) atoms. The third kappa shape index (κ3) is 3.48. The number of carboxylic acid groups (broad SMARTS) is 1. The predicted octanol–water partition coefficient (Wildman–Crippen LogP) is 1.89. The summed E-state index contributed by atoms with van der Waals surface area (Å²) < 4.78 is 10.2.